The second kappa shape index (κ2) is 10.7. The van der Waals surface area contributed by atoms with Gasteiger partial charge in [-0.3, -0.25) is 4.79 Å². The van der Waals surface area contributed by atoms with Gasteiger partial charge < -0.3 is 24.1 Å². The number of imidazole rings is 1. The van der Waals surface area contributed by atoms with E-state index >= 15 is 0 Å². The number of methoxy groups -OCH3 is 2. The molecule has 0 fully saturated rings. The Bertz CT molecular complexity index is 1350. The van der Waals surface area contributed by atoms with Crippen LogP contribution in [0, 0.1) is 6.92 Å². The van der Waals surface area contributed by atoms with E-state index in [4.69, 9.17) is 30.8 Å². The molecule has 0 aliphatic rings. The number of aromatic nitrogens is 2. The van der Waals surface area contributed by atoms with Crippen LogP contribution in [0.15, 0.2) is 60.7 Å². The zero-order chi connectivity index (χ0) is 24.9. The maximum Gasteiger partial charge on any atom is 0.251 e. The van der Waals surface area contributed by atoms with E-state index in [1.165, 1.54) is 7.11 Å². The Balaban J connectivity index is 1.53. The molecule has 0 bridgehead atoms. The van der Waals surface area contributed by atoms with Crippen molar-refractivity contribution in [3.05, 3.63) is 82.6 Å². The van der Waals surface area contributed by atoms with Gasteiger partial charge in [0, 0.05) is 10.6 Å². The lowest BCUT2D eigenvalue weighted by Gasteiger charge is -2.17. The van der Waals surface area contributed by atoms with E-state index < -0.39 is 0 Å². The molecule has 3 aromatic carbocycles. The molecule has 0 aliphatic carbocycles. The molecule has 0 saturated heterocycles. The molecular formula is C27H28ClN3O4. The highest BCUT2D eigenvalue weighted by atomic mass is 35.5. The van der Waals surface area contributed by atoms with E-state index in [9.17, 15) is 4.79 Å². The Labute approximate surface area is 209 Å². The normalized spacial score (nSPS) is 11.8. The number of benzene rings is 3. The van der Waals surface area contributed by atoms with Crippen molar-refractivity contribution in [3.8, 4) is 17.2 Å². The van der Waals surface area contributed by atoms with E-state index in [-0.39, 0.29) is 11.9 Å². The molecule has 0 aliphatic heterocycles. The fraction of sp³-hybridized carbons (Fsp3) is 0.259. The third-order valence-electron chi connectivity index (χ3n) is 5.78. The molecule has 8 heteroatoms. The minimum atomic E-state index is -0.347. The third kappa shape index (κ3) is 5.35. The number of aryl methyl sites for hydroxylation is 1. The molecule has 182 valence electrons. The number of rotatable bonds is 9. The highest BCUT2D eigenvalue weighted by Crippen LogP contribution is 2.28. The van der Waals surface area contributed by atoms with Crippen LogP contribution in [0.5, 0.6) is 17.2 Å². The third-order valence-corrected chi connectivity index (χ3v) is 6.20. The first-order valence-corrected chi connectivity index (χ1v) is 11.7. The summed E-state index contributed by atoms with van der Waals surface area (Å²) in [6, 6.07) is 18.2. The van der Waals surface area contributed by atoms with E-state index in [1.807, 2.05) is 56.3 Å². The Hall–Kier alpha value is -3.71. The molecular weight excluding hydrogens is 466 g/mol. The van der Waals surface area contributed by atoms with Gasteiger partial charge in [0.15, 0.2) is 11.5 Å². The van der Waals surface area contributed by atoms with Gasteiger partial charge in [-0.25, -0.2) is 4.98 Å². The average molecular weight is 494 g/mol. The van der Waals surface area contributed by atoms with Crippen LogP contribution in [0.1, 0.15) is 34.7 Å². The van der Waals surface area contributed by atoms with Crippen molar-refractivity contribution < 1.29 is 19.0 Å². The topological polar surface area (TPSA) is 74.6 Å². The summed E-state index contributed by atoms with van der Waals surface area (Å²) in [5.41, 5.74) is 3.27. The summed E-state index contributed by atoms with van der Waals surface area (Å²) in [4.78, 5) is 17.8. The van der Waals surface area contributed by atoms with Crippen LogP contribution in [0.25, 0.3) is 11.0 Å². The zero-order valence-electron chi connectivity index (χ0n) is 20.2. The lowest BCUT2D eigenvalue weighted by Crippen LogP contribution is -2.29. The van der Waals surface area contributed by atoms with Crippen LogP contribution in [0.4, 0.5) is 0 Å². The Morgan fingerprint density at radius 1 is 1.06 bits per heavy atom. The molecule has 0 spiro atoms. The van der Waals surface area contributed by atoms with Crippen LogP contribution in [0.2, 0.25) is 5.02 Å². The van der Waals surface area contributed by atoms with Crippen LogP contribution < -0.4 is 19.5 Å². The lowest BCUT2D eigenvalue weighted by atomic mass is 10.1. The number of nitrogens with zero attached hydrogens (tertiary/aromatic N) is 2. The average Bonchev–Trinajstić information content (AvgIpc) is 3.24. The molecule has 1 aromatic heterocycles. The van der Waals surface area contributed by atoms with Gasteiger partial charge >= 0.3 is 0 Å². The van der Waals surface area contributed by atoms with E-state index in [0.717, 1.165) is 28.2 Å². The molecule has 4 rings (SSSR count). The van der Waals surface area contributed by atoms with Gasteiger partial charge in [-0.1, -0.05) is 23.7 Å². The Morgan fingerprint density at radius 2 is 1.83 bits per heavy atom. The quantitative estimate of drug-likeness (QED) is 0.329. The summed E-state index contributed by atoms with van der Waals surface area (Å²) in [6.07, 6.45) is 0. The number of carbonyl (C=O) groups excluding carboxylic acids is 1. The number of amides is 1. The van der Waals surface area contributed by atoms with Gasteiger partial charge in [-0.15, -0.1) is 0 Å². The largest absolute Gasteiger partial charge is 0.493 e. The van der Waals surface area contributed by atoms with Crippen molar-refractivity contribution in [2.24, 2.45) is 0 Å². The Morgan fingerprint density at radius 3 is 2.57 bits per heavy atom. The van der Waals surface area contributed by atoms with Crippen LogP contribution in [-0.4, -0.2) is 36.3 Å². The standard InChI is InChI=1S/C27H28ClN3O4/c1-17-15-20(10-11-21(17)28)35-14-13-31-23-8-6-5-7-22(23)30-26(31)18(2)29-27(32)19-9-12-24(33-3)25(16-19)34-4/h5-12,15-16,18H,13-14H2,1-4H3,(H,29,32). The first-order valence-electron chi connectivity index (χ1n) is 11.3. The van der Waals surface area contributed by atoms with Crippen molar-refractivity contribution in [2.75, 3.05) is 20.8 Å². The smallest absolute Gasteiger partial charge is 0.251 e. The molecule has 1 unspecified atom stereocenters. The highest BCUT2D eigenvalue weighted by molar-refractivity contribution is 6.31. The molecule has 1 atom stereocenters. The van der Waals surface area contributed by atoms with Gasteiger partial charge in [0.25, 0.3) is 5.91 Å². The predicted octanol–water partition coefficient (Wildman–Crippen LogP) is 5.59. The van der Waals surface area contributed by atoms with E-state index in [1.54, 1.807) is 25.3 Å². The summed E-state index contributed by atoms with van der Waals surface area (Å²) >= 11 is 6.12. The lowest BCUT2D eigenvalue weighted by molar-refractivity contribution is 0.0937. The zero-order valence-corrected chi connectivity index (χ0v) is 20.9. The van der Waals surface area contributed by atoms with Crippen molar-refractivity contribution in [1.29, 1.82) is 0 Å². The molecule has 7 nitrogen and oxygen atoms in total. The summed E-state index contributed by atoms with van der Waals surface area (Å²) in [7, 11) is 3.10. The number of halogens is 1. The second-order valence-electron chi connectivity index (χ2n) is 8.13. The van der Waals surface area contributed by atoms with Crippen LogP contribution in [-0.2, 0) is 6.54 Å². The van der Waals surface area contributed by atoms with Gasteiger partial charge in [-0.2, -0.15) is 0 Å². The second-order valence-corrected chi connectivity index (χ2v) is 8.54. The van der Waals surface area contributed by atoms with Crippen molar-refractivity contribution in [2.45, 2.75) is 26.4 Å². The fourth-order valence-electron chi connectivity index (χ4n) is 3.94. The summed E-state index contributed by atoms with van der Waals surface area (Å²) in [5, 5.41) is 3.76. The Kier molecular flexibility index (Phi) is 7.46. The molecule has 0 radical (unpaired) electrons. The summed E-state index contributed by atoms with van der Waals surface area (Å²) < 4.78 is 18.6. The molecule has 0 saturated carbocycles. The SMILES string of the molecule is COc1ccc(C(=O)NC(C)c2nc3ccccc3n2CCOc2ccc(Cl)c(C)c2)cc1OC. The molecule has 35 heavy (non-hydrogen) atoms. The van der Waals surface area contributed by atoms with Crippen molar-refractivity contribution in [1.82, 2.24) is 14.9 Å². The number of nitrogens with one attached hydrogen (secondary N) is 1. The first kappa shape index (κ1) is 24.4. The molecule has 1 amide bonds. The van der Waals surface area contributed by atoms with Crippen LogP contribution >= 0.6 is 11.6 Å². The number of para-hydroxylation sites is 2. The van der Waals surface area contributed by atoms with Gasteiger partial charge in [0.1, 0.15) is 18.2 Å². The highest BCUT2D eigenvalue weighted by Gasteiger charge is 2.20. The maximum absolute atomic E-state index is 13.0. The number of carbonyl (C=O) groups is 1. The maximum atomic E-state index is 13.0. The minimum absolute atomic E-state index is 0.232. The van der Waals surface area contributed by atoms with Crippen molar-refractivity contribution in [3.63, 3.8) is 0 Å². The van der Waals surface area contributed by atoms with Gasteiger partial charge in [-0.05, 0) is 67.9 Å². The van der Waals surface area contributed by atoms with Gasteiger partial charge in [0.05, 0.1) is 37.8 Å². The van der Waals surface area contributed by atoms with Crippen molar-refractivity contribution >= 4 is 28.5 Å². The first-order chi connectivity index (χ1) is 16.9. The van der Waals surface area contributed by atoms with Crippen LogP contribution in [0.3, 0.4) is 0 Å². The molecule has 1 heterocycles. The summed E-state index contributed by atoms with van der Waals surface area (Å²) in [5.74, 6) is 2.33. The minimum Gasteiger partial charge on any atom is -0.493 e. The predicted molar refractivity (Wildman–Crippen MR) is 137 cm³/mol. The van der Waals surface area contributed by atoms with Gasteiger partial charge in [0.2, 0.25) is 0 Å². The molecule has 1 N–H and O–H groups in total. The van der Waals surface area contributed by atoms with E-state index in [0.29, 0.717) is 35.2 Å². The number of hydrogen-bond donors (Lipinski definition) is 1. The number of ether oxygens (including phenoxy) is 3. The fourth-order valence-corrected chi connectivity index (χ4v) is 4.06. The number of hydrogen-bond acceptors (Lipinski definition) is 5. The number of fused-ring (bicyclic) bond motifs is 1. The molecule has 4 aromatic rings. The van der Waals surface area contributed by atoms with E-state index in [2.05, 4.69) is 9.88 Å². The summed E-state index contributed by atoms with van der Waals surface area (Å²) in [6.45, 7) is 4.86. The monoisotopic (exact) mass is 493 g/mol.